The Kier molecular flexibility index (Phi) is 7.14. The lowest BCUT2D eigenvalue weighted by Crippen LogP contribution is -2.49. The summed E-state index contributed by atoms with van der Waals surface area (Å²) in [4.78, 5) is 25.8. The smallest absolute Gasteiger partial charge is 0.243 e. The maximum atomic E-state index is 12.8. The van der Waals surface area contributed by atoms with Crippen molar-refractivity contribution in [3.05, 3.63) is 65.7 Å². The molecule has 2 atom stereocenters. The molecule has 1 heterocycles. The summed E-state index contributed by atoms with van der Waals surface area (Å²) in [5.41, 5.74) is 2.42. The molecule has 1 saturated heterocycles. The molecule has 0 aromatic heterocycles. The molecule has 1 unspecified atom stereocenters. The number of nitrogens with one attached hydrogen (secondary N) is 2. The fraction of sp³-hybridized carbons (Fsp3) is 0.440. The third-order valence-corrected chi connectivity index (χ3v) is 8.56. The molecule has 1 aliphatic heterocycles. The number of hydrogen-bond acceptors (Lipinski definition) is 4. The first kappa shape index (κ1) is 23.4. The maximum absolute atomic E-state index is 12.8. The summed E-state index contributed by atoms with van der Waals surface area (Å²) in [5, 5.41) is 5.92. The third kappa shape index (κ3) is 5.28. The van der Waals surface area contributed by atoms with Crippen molar-refractivity contribution in [3.63, 3.8) is 0 Å². The molecule has 1 aliphatic carbocycles. The molecule has 7 nitrogen and oxygen atoms in total. The number of aryl methyl sites for hydroxylation is 1. The van der Waals surface area contributed by atoms with Gasteiger partial charge in [-0.1, -0.05) is 42.5 Å². The SMILES string of the molecule is C[C@@H](NC(=O)C1CCN(S(=O)(=O)c2ccccc2)CC1)C(=O)NC1CCCc2ccccc21. The zero-order chi connectivity index (χ0) is 23.4. The second-order valence-electron chi connectivity index (χ2n) is 8.87. The van der Waals surface area contributed by atoms with Crippen LogP contribution in [-0.4, -0.2) is 43.7 Å². The van der Waals surface area contributed by atoms with Gasteiger partial charge in [0.15, 0.2) is 0 Å². The van der Waals surface area contributed by atoms with Crippen LogP contribution in [0, 0.1) is 5.92 Å². The lowest BCUT2D eigenvalue weighted by Gasteiger charge is -2.31. The van der Waals surface area contributed by atoms with Crippen molar-refractivity contribution < 1.29 is 18.0 Å². The summed E-state index contributed by atoms with van der Waals surface area (Å²) in [6.45, 7) is 2.26. The highest BCUT2D eigenvalue weighted by atomic mass is 32.2. The van der Waals surface area contributed by atoms with Crippen molar-refractivity contribution in [1.29, 1.82) is 0 Å². The van der Waals surface area contributed by atoms with E-state index >= 15 is 0 Å². The van der Waals surface area contributed by atoms with Gasteiger partial charge in [-0.25, -0.2) is 8.42 Å². The molecular formula is C25H31N3O4S. The van der Waals surface area contributed by atoms with E-state index in [2.05, 4.69) is 22.8 Å². The van der Waals surface area contributed by atoms with E-state index in [1.165, 1.54) is 9.87 Å². The summed E-state index contributed by atoms with van der Waals surface area (Å²) in [6.07, 6.45) is 3.79. The molecule has 1 fully saturated rings. The minimum atomic E-state index is -3.55. The normalized spacial score (nSPS) is 20.5. The highest BCUT2D eigenvalue weighted by Crippen LogP contribution is 2.29. The van der Waals surface area contributed by atoms with Crippen LogP contribution in [0.2, 0.25) is 0 Å². The molecule has 0 radical (unpaired) electrons. The van der Waals surface area contributed by atoms with Gasteiger partial charge in [0.25, 0.3) is 0 Å². The van der Waals surface area contributed by atoms with Gasteiger partial charge >= 0.3 is 0 Å². The average Bonchev–Trinajstić information content (AvgIpc) is 2.84. The van der Waals surface area contributed by atoms with Crippen LogP contribution >= 0.6 is 0 Å². The van der Waals surface area contributed by atoms with Gasteiger partial charge < -0.3 is 10.6 Å². The number of amides is 2. The van der Waals surface area contributed by atoms with E-state index in [9.17, 15) is 18.0 Å². The zero-order valence-electron chi connectivity index (χ0n) is 18.9. The van der Waals surface area contributed by atoms with Crippen LogP contribution < -0.4 is 10.6 Å². The summed E-state index contributed by atoms with van der Waals surface area (Å²) in [6, 6.07) is 15.8. The van der Waals surface area contributed by atoms with Crippen molar-refractivity contribution >= 4 is 21.8 Å². The Bertz CT molecular complexity index is 1100. The molecule has 2 aromatic rings. The van der Waals surface area contributed by atoms with Crippen molar-refractivity contribution in [2.24, 2.45) is 5.92 Å². The Morgan fingerprint density at radius 1 is 0.970 bits per heavy atom. The first-order valence-corrected chi connectivity index (χ1v) is 13.0. The number of sulfonamides is 1. The predicted octanol–water partition coefficient (Wildman–Crippen LogP) is 2.79. The second-order valence-corrected chi connectivity index (χ2v) is 10.8. The van der Waals surface area contributed by atoms with Gasteiger partial charge in [-0.15, -0.1) is 0 Å². The minimum absolute atomic E-state index is 0.0340. The first-order chi connectivity index (χ1) is 15.9. The molecule has 2 aliphatic rings. The van der Waals surface area contributed by atoms with Crippen molar-refractivity contribution in [3.8, 4) is 0 Å². The van der Waals surface area contributed by atoms with Crippen molar-refractivity contribution in [2.45, 2.75) is 56.0 Å². The molecule has 33 heavy (non-hydrogen) atoms. The summed E-state index contributed by atoms with van der Waals surface area (Å²) >= 11 is 0. The van der Waals surface area contributed by atoms with Crippen LogP contribution in [0.1, 0.15) is 49.8 Å². The number of fused-ring (bicyclic) bond motifs is 1. The molecule has 2 N–H and O–H groups in total. The molecule has 0 saturated carbocycles. The molecule has 8 heteroatoms. The zero-order valence-corrected chi connectivity index (χ0v) is 19.7. The van der Waals surface area contributed by atoms with Gasteiger partial charge in [0, 0.05) is 19.0 Å². The molecule has 4 rings (SSSR count). The monoisotopic (exact) mass is 469 g/mol. The molecule has 2 aromatic carbocycles. The Morgan fingerprint density at radius 3 is 2.36 bits per heavy atom. The van der Waals surface area contributed by atoms with Crippen molar-refractivity contribution in [1.82, 2.24) is 14.9 Å². The number of carbonyl (C=O) groups is 2. The third-order valence-electron chi connectivity index (χ3n) is 6.64. The standard InChI is InChI=1S/C25H31N3O4S/c1-18(24(29)27-23-13-7-9-19-8-5-6-12-22(19)23)26-25(30)20-14-16-28(17-15-20)33(31,32)21-10-3-2-4-11-21/h2-6,8,10-12,18,20,23H,7,9,13-17H2,1H3,(H,26,30)(H,27,29)/t18-,23?/m1/s1. The minimum Gasteiger partial charge on any atom is -0.348 e. The number of hydrogen-bond donors (Lipinski definition) is 2. The van der Waals surface area contributed by atoms with E-state index < -0.39 is 16.1 Å². The molecule has 176 valence electrons. The summed E-state index contributed by atoms with van der Waals surface area (Å²) < 4.78 is 27.0. The van der Waals surface area contributed by atoms with Crippen LogP contribution in [0.3, 0.4) is 0 Å². The first-order valence-electron chi connectivity index (χ1n) is 11.6. The van der Waals surface area contributed by atoms with Crippen LogP contribution in [0.4, 0.5) is 0 Å². The van der Waals surface area contributed by atoms with E-state index in [4.69, 9.17) is 0 Å². The van der Waals surface area contributed by atoms with Gasteiger partial charge in [0.1, 0.15) is 6.04 Å². The average molecular weight is 470 g/mol. The number of nitrogens with zero attached hydrogens (tertiary/aromatic N) is 1. The largest absolute Gasteiger partial charge is 0.348 e. The van der Waals surface area contributed by atoms with Gasteiger partial charge in [-0.2, -0.15) is 4.31 Å². The van der Waals surface area contributed by atoms with Gasteiger partial charge in [-0.05, 0) is 62.3 Å². The molecule has 0 bridgehead atoms. The molecule has 0 spiro atoms. The van der Waals surface area contributed by atoms with E-state index in [1.807, 2.05) is 12.1 Å². The number of rotatable bonds is 6. The summed E-state index contributed by atoms with van der Waals surface area (Å²) in [5.74, 6) is -0.703. The maximum Gasteiger partial charge on any atom is 0.243 e. The molecule has 2 amide bonds. The van der Waals surface area contributed by atoms with Gasteiger partial charge in [0.05, 0.1) is 10.9 Å². The molecular weight excluding hydrogens is 438 g/mol. The number of benzene rings is 2. The van der Waals surface area contributed by atoms with Crippen LogP contribution in [0.5, 0.6) is 0 Å². The Balaban J connectivity index is 1.29. The Morgan fingerprint density at radius 2 is 1.64 bits per heavy atom. The highest BCUT2D eigenvalue weighted by molar-refractivity contribution is 7.89. The second kappa shape index (κ2) is 10.1. The van der Waals surface area contributed by atoms with E-state index in [-0.39, 0.29) is 41.8 Å². The number of carbonyl (C=O) groups excluding carboxylic acids is 2. The summed E-state index contributed by atoms with van der Waals surface area (Å²) in [7, 11) is -3.55. The van der Waals surface area contributed by atoms with Crippen LogP contribution in [0.15, 0.2) is 59.5 Å². The van der Waals surface area contributed by atoms with Gasteiger partial charge in [-0.3, -0.25) is 9.59 Å². The lowest BCUT2D eigenvalue weighted by molar-refractivity contribution is -0.131. The Labute approximate surface area is 195 Å². The Hall–Kier alpha value is -2.71. The quantitative estimate of drug-likeness (QED) is 0.680. The van der Waals surface area contributed by atoms with E-state index in [0.717, 1.165) is 24.8 Å². The predicted molar refractivity (Wildman–Crippen MR) is 126 cm³/mol. The fourth-order valence-corrected chi connectivity index (χ4v) is 6.19. The van der Waals surface area contributed by atoms with E-state index in [1.54, 1.807) is 37.3 Å². The topological polar surface area (TPSA) is 95.6 Å². The number of piperidine rings is 1. The van der Waals surface area contributed by atoms with Crippen molar-refractivity contribution in [2.75, 3.05) is 13.1 Å². The van der Waals surface area contributed by atoms with Gasteiger partial charge in [0.2, 0.25) is 21.8 Å². The fourth-order valence-electron chi connectivity index (χ4n) is 4.70. The lowest BCUT2D eigenvalue weighted by atomic mass is 9.87. The van der Waals surface area contributed by atoms with Crippen LogP contribution in [0.25, 0.3) is 0 Å². The van der Waals surface area contributed by atoms with Crippen LogP contribution in [-0.2, 0) is 26.0 Å². The highest BCUT2D eigenvalue weighted by Gasteiger charge is 2.33. The van der Waals surface area contributed by atoms with E-state index in [0.29, 0.717) is 12.8 Å².